The van der Waals surface area contributed by atoms with E-state index in [0.717, 1.165) is 67.5 Å². The van der Waals surface area contributed by atoms with Gasteiger partial charge in [0.25, 0.3) is 0 Å². The van der Waals surface area contributed by atoms with Gasteiger partial charge in [-0.05, 0) is 160 Å². The van der Waals surface area contributed by atoms with Crippen molar-refractivity contribution in [2.24, 2.45) is 0 Å². The van der Waals surface area contributed by atoms with Crippen molar-refractivity contribution in [3.05, 3.63) is 252 Å². The largest absolute Gasteiger partial charge is 0.308 e. The summed E-state index contributed by atoms with van der Waals surface area (Å²) in [6.45, 7) is 27.5. The maximum absolute atomic E-state index is 8.42. The summed E-state index contributed by atoms with van der Waals surface area (Å²) in [7, 11) is 0. The van der Waals surface area contributed by atoms with Gasteiger partial charge in [0.15, 0.2) is 0 Å². The van der Waals surface area contributed by atoms with E-state index in [0.29, 0.717) is 5.02 Å². The Balaban J connectivity index is 1.22. The molecule has 11 aromatic carbocycles. The van der Waals surface area contributed by atoms with Crippen molar-refractivity contribution in [2.45, 2.75) is 105 Å². The molecule has 0 atom stereocenters. The quantitative estimate of drug-likeness (QED) is 0.133. The van der Waals surface area contributed by atoms with E-state index in [1.165, 1.54) is 54.6 Å². The first-order valence-corrected chi connectivity index (χ1v) is 28.4. The number of benzene rings is 11. The Hall–Kier alpha value is -7.91. The Morgan fingerprint density at radius 3 is 1.10 bits per heavy atom. The molecule has 2 nitrogen and oxygen atoms in total. The highest BCUT2D eigenvalue weighted by Gasteiger charge is 2.31. The summed E-state index contributed by atoms with van der Waals surface area (Å²) < 4.78 is 0. The fourth-order valence-electron chi connectivity index (χ4n) is 11.4. The summed E-state index contributed by atoms with van der Waals surface area (Å²) in [5.74, 6) is 0. The first-order valence-electron chi connectivity index (χ1n) is 28.0. The number of anilines is 6. The zero-order valence-corrected chi connectivity index (χ0v) is 48.9. The molecule has 0 aliphatic carbocycles. The lowest BCUT2D eigenvalue weighted by atomic mass is 9.82. The predicted octanol–water partition coefficient (Wildman–Crippen LogP) is 22.9. The Morgan fingerprint density at radius 1 is 0.266 bits per heavy atom. The minimum Gasteiger partial charge on any atom is -0.308 e. The molecule has 0 radical (unpaired) electrons. The molecule has 0 unspecified atom stereocenters. The molecule has 11 rings (SSSR count). The van der Waals surface area contributed by atoms with E-state index in [-0.39, 0.29) is 21.7 Å². The van der Waals surface area contributed by atoms with Crippen molar-refractivity contribution < 1.29 is 0 Å². The summed E-state index contributed by atoms with van der Waals surface area (Å²) in [6, 6.07) is 83.3. The molecule has 0 bridgehead atoms. The Labute approximate surface area is 475 Å². The van der Waals surface area contributed by atoms with Crippen LogP contribution in [0.4, 0.5) is 34.1 Å². The summed E-state index contributed by atoms with van der Waals surface area (Å²) in [6.07, 6.45) is 0. The van der Waals surface area contributed by atoms with Gasteiger partial charge in [0.2, 0.25) is 0 Å². The first-order chi connectivity index (χ1) is 37.6. The number of halogens is 1. The van der Waals surface area contributed by atoms with Crippen LogP contribution in [0, 0.1) is 0 Å². The molecule has 0 saturated heterocycles. The van der Waals surface area contributed by atoms with Gasteiger partial charge in [-0.1, -0.05) is 252 Å². The average Bonchev–Trinajstić information content (AvgIpc) is 3.63. The molecule has 0 aliphatic rings. The standard InChI is InChI=1S/C76H73ClN2/c1-73(2,3)53-35-40-57(41-36-53)78(68-45-39-55(75(7,8)9)47-64(68)52-34-44-63-61-30-20-19-28-59(61)60-29-21-22-31-62(60)67(63)46-52)69-32-23-33-70(71(69)77)79(58-42-37-54(38-43-58)74(4,5)6)72-65(50-24-15-13-16-25-50)48-56(76(10,11)12)49-66(72)51-26-17-14-18-27-51/h13-49H,1-12H3. The third kappa shape index (κ3) is 10.2. The summed E-state index contributed by atoms with van der Waals surface area (Å²) in [5, 5.41) is 8.13. The first kappa shape index (κ1) is 53.1. The molecule has 0 heterocycles. The van der Waals surface area contributed by atoms with Crippen LogP contribution in [0.3, 0.4) is 0 Å². The van der Waals surface area contributed by atoms with E-state index < -0.39 is 0 Å². The minimum atomic E-state index is -0.141. The topological polar surface area (TPSA) is 6.48 Å². The van der Waals surface area contributed by atoms with Gasteiger partial charge < -0.3 is 9.80 Å². The van der Waals surface area contributed by atoms with E-state index in [4.69, 9.17) is 11.6 Å². The molecule has 0 fully saturated rings. The lowest BCUT2D eigenvalue weighted by Crippen LogP contribution is -2.18. The lowest BCUT2D eigenvalue weighted by molar-refractivity contribution is 0.590. The Bertz CT molecular complexity index is 3940. The Morgan fingerprint density at radius 2 is 0.646 bits per heavy atom. The highest BCUT2D eigenvalue weighted by Crippen LogP contribution is 2.54. The molecule has 79 heavy (non-hydrogen) atoms. The van der Waals surface area contributed by atoms with E-state index in [9.17, 15) is 0 Å². The van der Waals surface area contributed by atoms with Crippen molar-refractivity contribution >= 4 is 78.0 Å². The zero-order valence-electron chi connectivity index (χ0n) is 48.1. The van der Waals surface area contributed by atoms with Crippen molar-refractivity contribution in [3.8, 4) is 33.4 Å². The molecular formula is C76H73ClN2. The van der Waals surface area contributed by atoms with Gasteiger partial charge in [0.1, 0.15) is 0 Å². The van der Waals surface area contributed by atoms with Gasteiger partial charge in [0.05, 0.1) is 27.8 Å². The smallest absolute Gasteiger partial charge is 0.0887 e. The number of rotatable bonds is 9. The molecule has 0 saturated carbocycles. The van der Waals surface area contributed by atoms with E-state index in [2.05, 4.69) is 317 Å². The fraction of sp³-hybridized carbons (Fsp3) is 0.211. The second-order valence-electron chi connectivity index (χ2n) is 25.6. The summed E-state index contributed by atoms with van der Waals surface area (Å²) >= 11 is 8.42. The molecule has 0 amide bonds. The molecule has 0 aliphatic heterocycles. The normalized spacial score (nSPS) is 12.4. The van der Waals surface area contributed by atoms with Crippen LogP contribution in [-0.2, 0) is 21.7 Å². The van der Waals surface area contributed by atoms with Gasteiger partial charge in [-0.2, -0.15) is 0 Å². The van der Waals surface area contributed by atoms with Gasteiger partial charge in [-0.3, -0.25) is 0 Å². The van der Waals surface area contributed by atoms with E-state index in [1.807, 2.05) is 0 Å². The second kappa shape index (κ2) is 20.4. The molecular weight excluding hydrogens is 976 g/mol. The van der Waals surface area contributed by atoms with Crippen LogP contribution < -0.4 is 9.80 Å². The monoisotopic (exact) mass is 1050 g/mol. The van der Waals surface area contributed by atoms with Gasteiger partial charge in [0, 0.05) is 28.1 Å². The van der Waals surface area contributed by atoms with Crippen LogP contribution in [0.1, 0.15) is 105 Å². The molecule has 3 heteroatoms. The minimum absolute atomic E-state index is 0.0447. The lowest BCUT2D eigenvalue weighted by Gasteiger charge is -2.35. The van der Waals surface area contributed by atoms with Gasteiger partial charge in [-0.25, -0.2) is 0 Å². The number of hydrogen-bond acceptors (Lipinski definition) is 2. The van der Waals surface area contributed by atoms with Crippen LogP contribution in [0.5, 0.6) is 0 Å². The fourth-order valence-corrected chi connectivity index (χ4v) is 11.7. The summed E-state index contributed by atoms with van der Waals surface area (Å²) in [4.78, 5) is 4.83. The predicted molar refractivity (Wildman–Crippen MR) is 344 cm³/mol. The third-order valence-electron chi connectivity index (χ3n) is 16.0. The molecule has 11 aromatic rings. The highest BCUT2D eigenvalue weighted by atomic mass is 35.5. The third-order valence-corrected chi connectivity index (χ3v) is 16.3. The molecule has 0 N–H and O–H groups in total. The summed E-state index contributed by atoms with van der Waals surface area (Å²) in [5.41, 5.74) is 17.3. The highest BCUT2D eigenvalue weighted by molar-refractivity contribution is 6.37. The van der Waals surface area contributed by atoms with Crippen molar-refractivity contribution in [3.63, 3.8) is 0 Å². The van der Waals surface area contributed by atoms with Crippen molar-refractivity contribution in [1.29, 1.82) is 0 Å². The SMILES string of the molecule is CC(C)(C)c1ccc(N(c2ccc(C(C)(C)C)cc2-c2ccc3c4ccccc4c4ccccc4c3c2)c2cccc(N(c3ccc(C(C)(C)C)cc3)c3c(-c4ccccc4)cc(C(C)(C)C)cc3-c3ccccc3)c2Cl)cc1. The van der Waals surface area contributed by atoms with Gasteiger partial charge >= 0.3 is 0 Å². The van der Waals surface area contributed by atoms with E-state index in [1.54, 1.807) is 0 Å². The molecule has 394 valence electrons. The van der Waals surface area contributed by atoms with Crippen molar-refractivity contribution in [2.75, 3.05) is 9.80 Å². The number of hydrogen-bond donors (Lipinski definition) is 0. The van der Waals surface area contributed by atoms with Crippen LogP contribution >= 0.6 is 11.6 Å². The Kier molecular flexibility index (Phi) is 13.7. The van der Waals surface area contributed by atoms with Crippen LogP contribution in [0.2, 0.25) is 5.02 Å². The van der Waals surface area contributed by atoms with E-state index >= 15 is 0 Å². The average molecular weight is 1050 g/mol. The second-order valence-corrected chi connectivity index (χ2v) is 26.0. The maximum Gasteiger partial charge on any atom is 0.0887 e. The maximum atomic E-state index is 8.42. The van der Waals surface area contributed by atoms with Crippen LogP contribution in [0.25, 0.3) is 65.7 Å². The molecule has 0 aromatic heterocycles. The van der Waals surface area contributed by atoms with Gasteiger partial charge in [-0.15, -0.1) is 0 Å². The zero-order chi connectivity index (χ0) is 55.6. The molecule has 0 spiro atoms. The van der Waals surface area contributed by atoms with Crippen LogP contribution in [-0.4, -0.2) is 0 Å². The number of nitrogens with zero attached hydrogens (tertiary/aromatic N) is 2. The van der Waals surface area contributed by atoms with Crippen LogP contribution in [0.15, 0.2) is 224 Å². The van der Waals surface area contributed by atoms with Crippen molar-refractivity contribution in [1.82, 2.24) is 0 Å². The number of fused-ring (bicyclic) bond motifs is 6.